The molecule has 0 aliphatic carbocycles. The first-order chi connectivity index (χ1) is 30.6. The van der Waals surface area contributed by atoms with Crippen LogP contribution in [0.3, 0.4) is 0 Å². The van der Waals surface area contributed by atoms with E-state index in [9.17, 15) is 14.4 Å². The van der Waals surface area contributed by atoms with E-state index in [0.717, 1.165) is 75.5 Å². The van der Waals surface area contributed by atoms with Crippen molar-refractivity contribution in [3.05, 3.63) is 0 Å². The molecule has 0 amide bonds. The highest BCUT2D eigenvalue weighted by Gasteiger charge is 2.19. The molecule has 0 aromatic carbocycles. The van der Waals surface area contributed by atoms with Gasteiger partial charge in [0.25, 0.3) is 0 Å². The Morgan fingerprint density at radius 2 is 0.556 bits per heavy atom. The number of esters is 3. The SMILES string of the molecule is CCC(C)CCCCCCCCC(=O)O[C@H](COC(=O)CCCCCCCCCCCCCCCCCCCCC(C)C)COC(=O)CCCCCCCCCCCCCC(C)C. The van der Waals surface area contributed by atoms with E-state index in [1.807, 2.05) is 0 Å². The highest BCUT2D eigenvalue weighted by Crippen LogP contribution is 2.18. The molecule has 0 saturated heterocycles. The number of unbranched alkanes of at least 4 members (excludes halogenated alkanes) is 32. The second-order valence-electron chi connectivity index (χ2n) is 20.8. The molecule has 2 atom stereocenters. The third-order valence-corrected chi connectivity index (χ3v) is 13.3. The fourth-order valence-electron chi connectivity index (χ4n) is 8.61. The molecule has 1 unspecified atom stereocenters. The summed E-state index contributed by atoms with van der Waals surface area (Å²) in [6.45, 7) is 13.7. The average molecular weight is 892 g/mol. The first-order valence-corrected chi connectivity index (χ1v) is 28.1. The molecule has 6 heteroatoms. The van der Waals surface area contributed by atoms with E-state index in [1.54, 1.807) is 0 Å². The highest BCUT2D eigenvalue weighted by molar-refractivity contribution is 5.71. The van der Waals surface area contributed by atoms with E-state index in [2.05, 4.69) is 41.5 Å². The molecule has 6 nitrogen and oxygen atoms in total. The molecular formula is C57H110O6. The molecule has 0 N–H and O–H groups in total. The largest absolute Gasteiger partial charge is 0.462 e. The number of rotatable bonds is 50. The lowest BCUT2D eigenvalue weighted by Gasteiger charge is -2.18. The van der Waals surface area contributed by atoms with Crippen LogP contribution in [-0.4, -0.2) is 37.2 Å². The summed E-state index contributed by atoms with van der Waals surface area (Å²) in [7, 11) is 0. The Morgan fingerprint density at radius 1 is 0.317 bits per heavy atom. The third kappa shape index (κ3) is 49.7. The average Bonchev–Trinajstić information content (AvgIpc) is 3.25. The Bertz CT molecular complexity index is 978. The molecular weight excluding hydrogens is 781 g/mol. The van der Waals surface area contributed by atoms with E-state index in [0.29, 0.717) is 19.3 Å². The van der Waals surface area contributed by atoms with Crippen LogP contribution in [0.5, 0.6) is 0 Å². The zero-order valence-corrected chi connectivity index (χ0v) is 43.4. The van der Waals surface area contributed by atoms with E-state index in [-0.39, 0.29) is 31.1 Å². The van der Waals surface area contributed by atoms with Crippen LogP contribution in [0.1, 0.15) is 311 Å². The van der Waals surface area contributed by atoms with Crippen molar-refractivity contribution in [3.8, 4) is 0 Å². The Hall–Kier alpha value is -1.59. The van der Waals surface area contributed by atoms with E-state index in [4.69, 9.17) is 14.2 Å². The topological polar surface area (TPSA) is 78.9 Å². The fourth-order valence-corrected chi connectivity index (χ4v) is 8.61. The van der Waals surface area contributed by atoms with Gasteiger partial charge in [-0.3, -0.25) is 14.4 Å². The fraction of sp³-hybridized carbons (Fsp3) is 0.947. The van der Waals surface area contributed by atoms with Crippen LogP contribution < -0.4 is 0 Å². The van der Waals surface area contributed by atoms with Crippen molar-refractivity contribution >= 4 is 17.9 Å². The quantitative estimate of drug-likeness (QED) is 0.0344. The first-order valence-electron chi connectivity index (χ1n) is 28.1. The molecule has 0 fully saturated rings. The van der Waals surface area contributed by atoms with Gasteiger partial charge in [0.1, 0.15) is 13.2 Å². The summed E-state index contributed by atoms with van der Waals surface area (Å²) in [4.78, 5) is 38.0. The summed E-state index contributed by atoms with van der Waals surface area (Å²) in [6, 6.07) is 0. The molecule has 0 saturated carbocycles. The van der Waals surface area contributed by atoms with Crippen molar-refractivity contribution in [2.45, 2.75) is 317 Å². The van der Waals surface area contributed by atoms with Gasteiger partial charge in [-0.2, -0.15) is 0 Å². The number of hydrogen-bond acceptors (Lipinski definition) is 6. The normalized spacial score (nSPS) is 12.6. The number of ether oxygens (including phenoxy) is 3. The van der Waals surface area contributed by atoms with E-state index >= 15 is 0 Å². The van der Waals surface area contributed by atoms with Gasteiger partial charge in [0, 0.05) is 19.3 Å². The molecule has 0 aromatic rings. The zero-order chi connectivity index (χ0) is 46.3. The maximum atomic E-state index is 12.8. The predicted octanol–water partition coefficient (Wildman–Crippen LogP) is 18.3. The standard InChI is InChI=1S/C57H110O6/c1-7-53(6)45-39-33-29-30-36-42-48-57(60)63-54(50-62-56(59)47-41-35-28-24-20-16-18-22-26-32-38-44-52(4)5)49-61-55(58)46-40-34-27-23-19-15-13-11-9-8-10-12-14-17-21-25-31-37-43-51(2)3/h51-54H,7-50H2,1-6H3/t53?,54-/m1/s1. The van der Waals surface area contributed by atoms with Gasteiger partial charge in [-0.1, -0.05) is 273 Å². The van der Waals surface area contributed by atoms with Gasteiger partial charge in [-0.15, -0.1) is 0 Å². The highest BCUT2D eigenvalue weighted by atomic mass is 16.6. The van der Waals surface area contributed by atoms with Gasteiger partial charge in [0.05, 0.1) is 0 Å². The number of carbonyl (C=O) groups excluding carboxylic acids is 3. The summed E-state index contributed by atoms with van der Waals surface area (Å²) >= 11 is 0. The van der Waals surface area contributed by atoms with E-state index in [1.165, 1.54) is 193 Å². The lowest BCUT2D eigenvalue weighted by molar-refractivity contribution is -0.167. The number of hydrogen-bond donors (Lipinski definition) is 0. The maximum Gasteiger partial charge on any atom is 0.306 e. The van der Waals surface area contributed by atoms with Gasteiger partial charge in [0.2, 0.25) is 0 Å². The minimum atomic E-state index is -0.764. The first kappa shape index (κ1) is 61.4. The summed E-state index contributed by atoms with van der Waals surface area (Å²) in [5.41, 5.74) is 0. The van der Waals surface area contributed by atoms with Crippen LogP contribution in [0.15, 0.2) is 0 Å². The molecule has 0 spiro atoms. The van der Waals surface area contributed by atoms with Gasteiger partial charge in [-0.05, 0) is 37.0 Å². The van der Waals surface area contributed by atoms with Crippen molar-refractivity contribution < 1.29 is 28.6 Å². The summed E-state index contributed by atoms with van der Waals surface area (Å²) in [5.74, 6) is 1.64. The Morgan fingerprint density at radius 3 is 0.825 bits per heavy atom. The van der Waals surface area contributed by atoms with Crippen LogP contribution in [-0.2, 0) is 28.6 Å². The lowest BCUT2D eigenvalue weighted by Crippen LogP contribution is -2.30. The van der Waals surface area contributed by atoms with Crippen LogP contribution >= 0.6 is 0 Å². The smallest absolute Gasteiger partial charge is 0.306 e. The van der Waals surface area contributed by atoms with Gasteiger partial charge in [-0.25, -0.2) is 0 Å². The predicted molar refractivity (Wildman–Crippen MR) is 270 cm³/mol. The molecule has 0 aromatic heterocycles. The van der Waals surface area contributed by atoms with Crippen molar-refractivity contribution in [2.24, 2.45) is 17.8 Å². The third-order valence-electron chi connectivity index (χ3n) is 13.3. The summed E-state index contributed by atoms with van der Waals surface area (Å²) in [6.07, 6.45) is 49.6. The Kier molecular flexibility index (Phi) is 47.1. The second-order valence-corrected chi connectivity index (χ2v) is 20.8. The molecule has 374 valence electrons. The van der Waals surface area contributed by atoms with Crippen LogP contribution in [0.25, 0.3) is 0 Å². The summed E-state index contributed by atoms with van der Waals surface area (Å²) < 4.78 is 16.8. The van der Waals surface area contributed by atoms with Crippen molar-refractivity contribution in [2.75, 3.05) is 13.2 Å². The molecule has 63 heavy (non-hydrogen) atoms. The lowest BCUT2D eigenvalue weighted by atomic mass is 10.00. The number of carbonyl (C=O) groups is 3. The van der Waals surface area contributed by atoms with Crippen LogP contribution in [0, 0.1) is 17.8 Å². The Labute approximate surface area is 393 Å². The second kappa shape index (κ2) is 48.3. The molecule has 0 aliphatic heterocycles. The van der Waals surface area contributed by atoms with Crippen LogP contribution in [0.4, 0.5) is 0 Å². The van der Waals surface area contributed by atoms with Crippen molar-refractivity contribution in [1.82, 2.24) is 0 Å². The molecule has 0 rings (SSSR count). The van der Waals surface area contributed by atoms with Crippen molar-refractivity contribution in [3.63, 3.8) is 0 Å². The monoisotopic (exact) mass is 891 g/mol. The minimum Gasteiger partial charge on any atom is -0.462 e. The minimum absolute atomic E-state index is 0.0648. The Balaban J connectivity index is 4.20. The van der Waals surface area contributed by atoms with E-state index < -0.39 is 6.10 Å². The van der Waals surface area contributed by atoms with Gasteiger partial charge < -0.3 is 14.2 Å². The summed E-state index contributed by atoms with van der Waals surface area (Å²) in [5, 5.41) is 0. The maximum absolute atomic E-state index is 12.8. The molecule has 0 heterocycles. The van der Waals surface area contributed by atoms with Crippen molar-refractivity contribution in [1.29, 1.82) is 0 Å². The molecule has 0 radical (unpaired) electrons. The van der Waals surface area contributed by atoms with Crippen LogP contribution in [0.2, 0.25) is 0 Å². The van der Waals surface area contributed by atoms with Gasteiger partial charge >= 0.3 is 17.9 Å². The van der Waals surface area contributed by atoms with Gasteiger partial charge in [0.15, 0.2) is 6.10 Å². The molecule has 0 aliphatic rings. The zero-order valence-electron chi connectivity index (χ0n) is 43.4. The molecule has 0 bridgehead atoms.